The summed E-state index contributed by atoms with van der Waals surface area (Å²) in [5.41, 5.74) is 3.35. The fourth-order valence-electron chi connectivity index (χ4n) is 3.44. The van der Waals surface area contributed by atoms with E-state index < -0.39 is 0 Å². The molecule has 0 spiro atoms. The van der Waals surface area contributed by atoms with Crippen LogP contribution in [0.25, 0.3) is 0 Å². The molecule has 0 aromatic heterocycles. The highest BCUT2D eigenvalue weighted by Gasteiger charge is 2.27. The van der Waals surface area contributed by atoms with Gasteiger partial charge >= 0.3 is 6.09 Å². The topological polar surface area (TPSA) is 55.2 Å². The van der Waals surface area contributed by atoms with Gasteiger partial charge in [0.25, 0.3) is 0 Å². The Bertz CT molecular complexity index is 728. The van der Waals surface area contributed by atoms with E-state index in [1.807, 2.05) is 44.4 Å². The van der Waals surface area contributed by atoms with Crippen LogP contribution in [0.1, 0.15) is 17.2 Å². The molecule has 150 valence electrons. The van der Waals surface area contributed by atoms with Crippen LogP contribution in [0.5, 0.6) is 0 Å². The zero-order valence-electron chi connectivity index (χ0n) is 16.7. The average molecular weight is 385 g/mol. The Labute approximate surface area is 167 Å². The van der Waals surface area contributed by atoms with Gasteiger partial charge < -0.3 is 24.6 Å². The third-order valence-corrected chi connectivity index (χ3v) is 5.10. The first kappa shape index (κ1) is 20.2. The average Bonchev–Trinajstić information content (AvgIpc) is 2.74. The fraction of sp³-hybridized carbons (Fsp3) is 0.409. The largest absolute Gasteiger partial charge is 0.445 e. The van der Waals surface area contributed by atoms with Crippen LogP contribution in [-0.2, 0) is 16.1 Å². The van der Waals surface area contributed by atoms with Crippen LogP contribution >= 0.6 is 0 Å². The SMILES string of the molecule is CN(C)c1ccc([C@@H](CNC(=O)OCc2ccccc2)[NH+]2CCOCC2)cc1. The number of quaternary nitrogens is 1. The normalized spacial score (nSPS) is 15.6. The summed E-state index contributed by atoms with van der Waals surface area (Å²) in [6, 6.07) is 18.4. The predicted octanol–water partition coefficient (Wildman–Crippen LogP) is 1.64. The van der Waals surface area contributed by atoms with Gasteiger partial charge in [0.05, 0.1) is 19.8 Å². The molecule has 3 rings (SSSR count). The molecule has 28 heavy (non-hydrogen) atoms. The molecule has 0 saturated carbocycles. The van der Waals surface area contributed by atoms with Gasteiger partial charge in [-0.05, 0) is 17.7 Å². The van der Waals surface area contributed by atoms with Crippen molar-refractivity contribution < 1.29 is 19.2 Å². The summed E-state index contributed by atoms with van der Waals surface area (Å²) in [5.74, 6) is 0. The maximum absolute atomic E-state index is 12.2. The van der Waals surface area contributed by atoms with E-state index in [2.05, 4.69) is 34.5 Å². The summed E-state index contributed by atoms with van der Waals surface area (Å²) < 4.78 is 10.9. The van der Waals surface area contributed by atoms with Crippen LogP contribution < -0.4 is 15.1 Å². The first-order chi connectivity index (χ1) is 13.6. The Hall–Kier alpha value is -2.57. The highest BCUT2D eigenvalue weighted by molar-refractivity contribution is 5.67. The zero-order chi connectivity index (χ0) is 19.8. The monoisotopic (exact) mass is 384 g/mol. The van der Waals surface area contributed by atoms with Crippen molar-refractivity contribution in [3.63, 3.8) is 0 Å². The number of alkyl carbamates (subject to hydrolysis) is 1. The second kappa shape index (κ2) is 10.1. The number of morpholine rings is 1. The van der Waals surface area contributed by atoms with Crippen molar-refractivity contribution in [2.45, 2.75) is 12.6 Å². The highest BCUT2D eigenvalue weighted by Crippen LogP contribution is 2.16. The summed E-state index contributed by atoms with van der Waals surface area (Å²) in [6.07, 6.45) is -0.383. The first-order valence-electron chi connectivity index (χ1n) is 9.77. The molecule has 1 aliphatic heterocycles. The summed E-state index contributed by atoms with van der Waals surface area (Å²) in [6.45, 7) is 4.17. The lowest BCUT2D eigenvalue weighted by Gasteiger charge is -2.32. The molecule has 0 bridgehead atoms. The van der Waals surface area contributed by atoms with Gasteiger partial charge in [-0.3, -0.25) is 0 Å². The second-order valence-electron chi connectivity index (χ2n) is 7.25. The number of hydrogen-bond donors (Lipinski definition) is 2. The number of benzene rings is 2. The van der Waals surface area contributed by atoms with Gasteiger partial charge in [0.15, 0.2) is 0 Å². The van der Waals surface area contributed by atoms with Crippen LogP contribution in [0.4, 0.5) is 10.5 Å². The Kier molecular flexibility index (Phi) is 7.28. The number of ether oxygens (including phenoxy) is 2. The van der Waals surface area contributed by atoms with E-state index in [4.69, 9.17) is 9.47 Å². The maximum Gasteiger partial charge on any atom is 0.407 e. The Morgan fingerprint density at radius 1 is 1.11 bits per heavy atom. The third kappa shape index (κ3) is 5.71. The Balaban J connectivity index is 1.61. The van der Waals surface area contributed by atoms with Gasteiger partial charge in [0, 0.05) is 25.3 Å². The van der Waals surface area contributed by atoms with Gasteiger partial charge in [-0.25, -0.2) is 4.79 Å². The number of nitrogens with zero attached hydrogens (tertiary/aromatic N) is 1. The summed E-state index contributed by atoms with van der Waals surface area (Å²) in [5, 5.41) is 2.95. The molecule has 1 fully saturated rings. The van der Waals surface area contributed by atoms with Crippen molar-refractivity contribution in [1.82, 2.24) is 5.32 Å². The van der Waals surface area contributed by atoms with Crippen LogP contribution in [0.3, 0.4) is 0 Å². The van der Waals surface area contributed by atoms with Gasteiger partial charge in [0.1, 0.15) is 25.7 Å². The number of anilines is 1. The maximum atomic E-state index is 12.2. The van der Waals surface area contributed by atoms with Crippen LogP contribution in [0, 0.1) is 0 Å². The minimum absolute atomic E-state index is 0.171. The molecule has 0 radical (unpaired) electrons. The molecule has 0 unspecified atom stereocenters. The summed E-state index contributed by atoms with van der Waals surface area (Å²) in [4.78, 5) is 15.7. The van der Waals surface area contributed by atoms with Crippen molar-refractivity contribution in [2.24, 2.45) is 0 Å². The predicted molar refractivity (Wildman–Crippen MR) is 110 cm³/mol. The minimum atomic E-state index is -0.383. The molecule has 1 atom stereocenters. The van der Waals surface area contributed by atoms with Crippen molar-refractivity contribution >= 4 is 11.8 Å². The smallest absolute Gasteiger partial charge is 0.407 e. The second-order valence-corrected chi connectivity index (χ2v) is 7.25. The van der Waals surface area contributed by atoms with Crippen molar-refractivity contribution in [2.75, 3.05) is 51.8 Å². The van der Waals surface area contributed by atoms with E-state index in [9.17, 15) is 4.79 Å². The van der Waals surface area contributed by atoms with Gasteiger partial charge in [-0.2, -0.15) is 0 Å². The molecular formula is C22H30N3O3+. The van der Waals surface area contributed by atoms with Gasteiger partial charge in [-0.1, -0.05) is 42.5 Å². The van der Waals surface area contributed by atoms with E-state index in [1.165, 1.54) is 10.5 Å². The summed E-state index contributed by atoms with van der Waals surface area (Å²) >= 11 is 0. The van der Waals surface area contributed by atoms with Crippen molar-refractivity contribution in [3.05, 3.63) is 65.7 Å². The molecule has 6 nitrogen and oxygen atoms in total. The van der Waals surface area contributed by atoms with E-state index >= 15 is 0 Å². The molecular weight excluding hydrogens is 354 g/mol. The molecule has 6 heteroatoms. The van der Waals surface area contributed by atoms with Crippen LogP contribution in [0.2, 0.25) is 0 Å². The lowest BCUT2D eigenvalue weighted by molar-refractivity contribution is -0.937. The van der Waals surface area contributed by atoms with Crippen LogP contribution in [-0.4, -0.2) is 53.0 Å². The van der Waals surface area contributed by atoms with Crippen molar-refractivity contribution in [3.8, 4) is 0 Å². The molecule has 2 aromatic rings. The number of amides is 1. The van der Waals surface area contributed by atoms with E-state index in [-0.39, 0.29) is 18.7 Å². The van der Waals surface area contributed by atoms with Crippen LogP contribution in [0.15, 0.2) is 54.6 Å². The Morgan fingerprint density at radius 3 is 2.43 bits per heavy atom. The molecule has 1 saturated heterocycles. The Morgan fingerprint density at radius 2 is 1.79 bits per heavy atom. The molecule has 2 N–H and O–H groups in total. The third-order valence-electron chi connectivity index (χ3n) is 5.10. The molecule has 1 heterocycles. The summed E-state index contributed by atoms with van der Waals surface area (Å²) in [7, 11) is 4.06. The van der Waals surface area contributed by atoms with Crippen molar-refractivity contribution in [1.29, 1.82) is 0 Å². The quantitative estimate of drug-likeness (QED) is 0.762. The number of carbonyl (C=O) groups is 1. The number of rotatable bonds is 7. The van der Waals surface area contributed by atoms with E-state index in [0.717, 1.165) is 37.6 Å². The number of nitrogens with one attached hydrogen (secondary N) is 2. The lowest BCUT2D eigenvalue weighted by atomic mass is 10.0. The molecule has 1 aliphatic rings. The highest BCUT2D eigenvalue weighted by atomic mass is 16.5. The van der Waals surface area contributed by atoms with E-state index in [1.54, 1.807) is 0 Å². The fourth-order valence-corrected chi connectivity index (χ4v) is 3.44. The lowest BCUT2D eigenvalue weighted by Crippen LogP contribution is -3.15. The standard InChI is InChI=1S/C22H29N3O3/c1-24(2)20-10-8-19(9-11-20)21(25-12-14-27-15-13-25)16-23-22(26)28-17-18-6-4-3-5-7-18/h3-11,21H,12-17H2,1-2H3,(H,23,26)/p+1/t21-/m1/s1. The first-order valence-corrected chi connectivity index (χ1v) is 9.77. The molecule has 1 amide bonds. The molecule has 0 aliphatic carbocycles. The minimum Gasteiger partial charge on any atom is -0.445 e. The van der Waals surface area contributed by atoms with Gasteiger partial charge in [-0.15, -0.1) is 0 Å². The van der Waals surface area contributed by atoms with E-state index in [0.29, 0.717) is 6.54 Å². The van der Waals surface area contributed by atoms with Gasteiger partial charge in [0.2, 0.25) is 0 Å². The number of hydrogen-bond acceptors (Lipinski definition) is 4. The zero-order valence-corrected chi connectivity index (χ0v) is 16.7. The molecule has 2 aromatic carbocycles. The number of carbonyl (C=O) groups excluding carboxylic acids is 1.